The van der Waals surface area contributed by atoms with Crippen molar-refractivity contribution in [1.29, 1.82) is 0 Å². The molecule has 0 radical (unpaired) electrons. The van der Waals surface area contributed by atoms with E-state index in [9.17, 15) is 13.2 Å². The molecule has 0 fully saturated rings. The first-order valence-electron chi connectivity index (χ1n) is 6.18. The molecular formula is C13H21NO4S. The number of hydrogen-bond acceptors (Lipinski definition) is 3. The SMILES string of the molecule is CCCCCCC(N)=O.O=S(=O)(O)c1ccccc1. The lowest BCUT2D eigenvalue weighted by Gasteiger charge is -1.93. The van der Waals surface area contributed by atoms with E-state index in [-0.39, 0.29) is 10.8 Å². The smallest absolute Gasteiger partial charge is 0.294 e. The van der Waals surface area contributed by atoms with Gasteiger partial charge in [-0.05, 0) is 18.6 Å². The van der Waals surface area contributed by atoms with Gasteiger partial charge in [0.15, 0.2) is 0 Å². The predicted molar refractivity (Wildman–Crippen MR) is 74.2 cm³/mol. The molecule has 0 unspecified atom stereocenters. The second kappa shape index (κ2) is 9.52. The minimum atomic E-state index is -4.00. The average Bonchev–Trinajstić information content (AvgIpc) is 2.35. The third-order valence-corrected chi connectivity index (χ3v) is 3.19. The first-order valence-corrected chi connectivity index (χ1v) is 7.62. The molecule has 0 aliphatic carbocycles. The van der Waals surface area contributed by atoms with Gasteiger partial charge in [0.05, 0.1) is 4.90 Å². The number of unbranched alkanes of at least 4 members (excludes halogenated alkanes) is 3. The number of amides is 1. The lowest BCUT2D eigenvalue weighted by molar-refractivity contribution is -0.118. The minimum absolute atomic E-state index is 0.0741. The predicted octanol–water partition coefficient (Wildman–Crippen LogP) is 2.38. The fourth-order valence-corrected chi connectivity index (χ4v) is 1.82. The molecule has 0 heterocycles. The van der Waals surface area contributed by atoms with Crippen LogP contribution in [0, 0.1) is 0 Å². The van der Waals surface area contributed by atoms with Gasteiger partial charge in [0.25, 0.3) is 10.1 Å². The number of primary amides is 1. The van der Waals surface area contributed by atoms with Crippen LogP contribution in [0.4, 0.5) is 0 Å². The number of hydrogen-bond donors (Lipinski definition) is 2. The summed E-state index contributed by atoms with van der Waals surface area (Å²) in [5, 5.41) is 0. The Morgan fingerprint density at radius 1 is 1.16 bits per heavy atom. The molecule has 5 nitrogen and oxygen atoms in total. The zero-order chi connectivity index (χ0) is 14.7. The van der Waals surface area contributed by atoms with Gasteiger partial charge in [-0.15, -0.1) is 0 Å². The summed E-state index contributed by atoms with van der Waals surface area (Å²) in [6.45, 7) is 2.14. The van der Waals surface area contributed by atoms with Crippen molar-refractivity contribution in [3.05, 3.63) is 30.3 Å². The van der Waals surface area contributed by atoms with Gasteiger partial charge in [0.2, 0.25) is 5.91 Å². The molecule has 1 amide bonds. The largest absolute Gasteiger partial charge is 0.370 e. The lowest BCUT2D eigenvalue weighted by atomic mass is 10.1. The van der Waals surface area contributed by atoms with E-state index in [1.807, 2.05) is 0 Å². The van der Waals surface area contributed by atoms with Crippen molar-refractivity contribution < 1.29 is 17.8 Å². The highest BCUT2D eigenvalue weighted by atomic mass is 32.2. The van der Waals surface area contributed by atoms with Crippen molar-refractivity contribution in [2.24, 2.45) is 5.73 Å². The molecule has 0 atom stereocenters. The summed E-state index contributed by atoms with van der Waals surface area (Å²) in [6.07, 6.45) is 5.08. The number of carbonyl (C=O) groups excluding carboxylic acids is 1. The maximum Gasteiger partial charge on any atom is 0.294 e. The van der Waals surface area contributed by atoms with Crippen molar-refractivity contribution in [3.63, 3.8) is 0 Å². The Morgan fingerprint density at radius 3 is 2.11 bits per heavy atom. The van der Waals surface area contributed by atoms with Crippen molar-refractivity contribution >= 4 is 16.0 Å². The van der Waals surface area contributed by atoms with Crippen LogP contribution < -0.4 is 5.73 Å². The Bertz CT molecular complexity index is 457. The van der Waals surface area contributed by atoms with E-state index in [1.165, 1.54) is 25.0 Å². The Labute approximate surface area is 114 Å². The van der Waals surface area contributed by atoms with Crippen LogP contribution >= 0.6 is 0 Å². The maximum absolute atomic E-state index is 10.4. The van der Waals surface area contributed by atoms with Crippen LogP contribution in [0.15, 0.2) is 35.2 Å². The topological polar surface area (TPSA) is 97.5 Å². The van der Waals surface area contributed by atoms with E-state index in [4.69, 9.17) is 10.3 Å². The molecule has 1 aromatic carbocycles. The number of carbonyl (C=O) groups is 1. The molecule has 6 heteroatoms. The molecule has 0 spiro atoms. The Kier molecular flexibility index (Phi) is 8.82. The van der Waals surface area contributed by atoms with Gasteiger partial charge < -0.3 is 5.73 Å². The third-order valence-electron chi connectivity index (χ3n) is 2.32. The van der Waals surface area contributed by atoms with Crippen LogP contribution in [0.25, 0.3) is 0 Å². The zero-order valence-electron chi connectivity index (χ0n) is 11.1. The van der Waals surface area contributed by atoms with Gasteiger partial charge in [0, 0.05) is 6.42 Å². The molecule has 1 aromatic rings. The van der Waals surface area contributed by atoms with Crippen LogP contribution in [-0.4, -0.2) is 18.9 Å². The zero-order valence-corrected chi connectivity index (χ0v) is 11.9. The van der Waals surface area contributed by atoms with Gasteiger partial charge in [-0.1, -0.05) is 44.4 Å². The van der Waals surface area contributed by atoms with Crippen molar-refractivity contribution in [2.75, 3.05) is 0 Å². The molecule has 0 aliphatic rings. The Morgan fingerprint density at radius 2 is 1.74 bits per heavy atom. The second-order valence-electron chi connectivity index (χ2n) is 4.07. The first-order chi connectivity index (χ1) is 8.88. The summed E-state index contributed by atoms with van der Waals surface area (Å²) in [5.41, 5.74) is 4.94. The maximum atomic E-state index is 10.4. The molecule has 0 bridgehead atoms. The van der Waals surface area contributed by atoms with Gasteiger partial charge in [-0.2, -0.15) is 8.42 Å². The summed E-state index contributed by atoms with van der Waals surface area (Å²) in [6, 6.07) is 7.42. The molecule has 1 rings (SSSR count). The Balaban J connectivity index is 0.000000344. The first kappa shape index (κ1) is 17.6. The number of rotatable bonds is 6. The third kappa shape index (κ3) is 10.2. The second-order valence-corrected chi connectivity index (χ2v) is 5.49. The van der Waals surface area contributed by atoms with Gasteiger partial charge in [0.1, 0.15) is 0 Å². The van der Waals surface area contributed by atoms with Crippen molar-refractivity contribution in [1.82, 2.24) is 0 Å². The standard InChI is InChI=1S/C7H15NO.C6H6O3S/c1-2-3-4-5-6-7(8)9;7-10(8,9)6-4-2-1-3-5-6/h2-6H2,1H3,(H2,8,9);1-5H,(H,7,8,9). The highest BCUT2D eigenvalue weighted by Crippen LogP contribution is 2.05. The van der Waals surface area contributed by atoms with Crippen LogP contribution in [0.1, 0.15) is 39.0 Å². The van der Waals surface area contributed by atoms with Crippen LogP contribution in [0.3, 0.4) is 0 Å². The summed E-state index contributed by atoms with van der Waals surface area (Å²) in [5.74, 6) is -0.175. The molecular weight excluding hydrogens is 266 g/mol. The quantitative estimate of drug-likeness (QED) is 0.620. The molecule has 3 N–H and O–H groups in total. The molecule has 0 aliphatic heterocycles. The fraction of sp³-hybridized carbons (Fsp3) is 0.462. The van der Waals surface area contributed by atoms with Crippen LogP contribution in [0.5, 0.6) is 0 Å². The summed E-state index contributed by atoms with van der Waals surface area (Å²) >= 11 is 0. The van der Waals surface area contributed by atoms with E-state index in [0.29, 0.717) is 6.42 Å². The van der Waals surface area contributed by atoms with E-state index in [2.05, 4.69) is 6.92 Å². The van der Waals surface area contributed by atoms with Crippen LogP contribution in [0.2, 0.25) is 0 Å². The molecule has 0 saturated carbocycles. The van der Waals surface area contributed by atoms with Gasteiger partial charge in [-0.3, -0.25) is 9.35 Å². The highest BCUT2D eigenvalue weighted by Gasteiger charge is 2.05. The monoisotopic (exact) mass is 287 g/mol. The van der Waals surface area contributed by atoms with E-state index >= 15 is 0 Å². The average molecular weight is 287 g/mol. The van der Waals surface area contributed by atoms with Crippen LogP contribution in [-0.2, 0) is 14.9 Å². The van der Waals surface area contributed by atoms with Crippen molar-refractivity contribution in [2.45, 2.75) is 43.9 Å². The molecule has 0 aromatic heterocycles. The van der Waals surface area contributed by atoms with Gasteiger partial charge >= 0.3 is 0 Å². The Hall–Kier alpha value is -1.40. The molecule has 108 valence electrons. The minimum Gasteiger partial charge on any atom is -0.370 e. The van der Waals surface area contributed by atoms with E-state index in [0.717, 1.165) is 12.8 Å². The number of benzene rings is 1. The lowest BCUT2D eigenvalue weighted by Crippen LogP contribution is -2.09. The highest BCUT2D eigenvalue weighted by molar-refractivity contribution is 7.85. The summed E-state index contributed by atoms with van der Waals surface area (Å²) < 4.78 is 29.2. The molecule has 19 heavy (non-hydrogen) atoms. The van der Waals surface area contributed by atoms with Gasteiger partial charge in [-0.25, -0.2) is 0 Å². The summed E-state index contributed by atoms with van der Waals surface area (Å²) in [7, 11) is -4.00. The van der Waals surface area contributed by atoms with Crippen molar-refractivity contribution in [3.8, 4) is 0 Å². The van der Waals surface area contributed by atoms with E-state index < -0.39 is 10.1 Å². The fourth-order valence-electron chi connectivity index (χ4n) is 1.32. The number of nitrogens with two attached hydrogens (primary N) is 1. The molecule has 0 saturated heterocycles. The summed E-state index contributed by atoms with van der Waals surface area (Å²) in [4.78, 5) is 10.1. The normalized spacial score (nSPS) is 10.4. The van der Waals surface area contributed by atoms with E-state index in [1.54, 1.807) is 18.2 Å².